The van der Waals surface area contributed by atoms with Crippen molar-refractivity contribution in [3.63, 3.8) is 0 Å². The lowest BCUT2D eigenvalue weighted by molar-refractivity contribution is 0.621. The van der Waals surface area contributed by atoms with Gasteiger partial charge in [-0.25, -0.2) is 9.37 Å². The number of benzene rings is 1. The summed E-state index contributed by atoms with van der Waals surface area (Å²) in [5.41, 5.74) is 2.06. The quantitative estimate of drug-likeness (QED) is 0.897. The Morgan fingerprint density at radius 2 is 2.33 bits per heavy atom. The molecule has 1 saturated heterocycles. The van der Waals surface area contributed by atoms with E-state index < -0.39 is 0 Å². The third-order valence-corrected chi connectivity index (χ3v) is 4.62. The number of halogens is 2. The number of thiazole rings is 1. The van der Waals surface area contributed by atoms with Gasteiger partial charge in [-0.15, -0.1) is 11.3 Å². The first-order valence-corrected chi connectivity index (χ1v) is 7.55. The third kappa shape index (κ3) is 2.35. The Bertz CT molecular complexity index is 564. The molecule has 2 heterocycles. The van der Waals surface area contributed by atoms with Gasteiger partial charge in [-0.05, 0) is 53.5 Å². The molecule has 1 aliphatic heterocycles. The molecule has 1 aliphatic rings. The zero-order chi connectivity index (χ0) is 12.5. The van der Waals surface area contributed by atoms with E-state index >= 15 is 0 Å². The fraction of sp³-hybridized carbons (Fsp3) is 0.308. The van der Waals surface area contributed by atoms with Crippen LogP contribution in [-0.2, 0) is 0 Å². The van der Waals surface area contributed by atoms with Gasteiger partial charge in [0.25, 0.3) is 0 Å². The second-order valence-corrected chi connectivity index (χ2v) is 6.07. The lowest BCUT2D eigenvalue weighted by atomic mass is 10.2. The Kier molecular flexibility index (Phi) is 3.46. The highest BCUT2D eigenvalue weighted by Crippen LogP contribution is 2.31. The van der Waals surface area contributed by atoms with Crippen LogP contribution in [0.1, 0.15) is 24.6 Å². The lowest BCUT2D eigenvalue weighted by Crippen LogP contribution is -2.12. The minimum absolute atomic E-state index is 0.243. The van der Waals surface area contributed by atoms with Crippen LogP contribution in [0.5, 0.6) is 0 Å². The summed E-state index contributed by atoms with van der Waals surface area (Å²) >= 11 is 4.82. The standard InChI is InChI=1S/C13H12BrFN2S/c14-9-6-8(3-4-10(9)15)13-17-12(7-18-13)11-2-1-5-16-11/h3-4,6-7,11,16H,1-2,5H2/t11-/m0/s1. The topological polar surface area (TPSA) is 24.9 Å². The van der Waals surface area contributed by atoms with E-state index in [0.717, 1.165) is 29.2 Å². The van der Waals surface area contributed by atoms with Crippen LogP contribution in [0, 0.1) is 5.82 Å². The molecule has 0 aliphatic carbocycles. The Morgan fingerprint density at radius 3 is 3.06 bits per heavy atom. The molecule has 1 aromatic heterocycles. The number of rotatable bonds is 2. The van der Waals surface area contributed by atoms with Gasteiger partial charge in [0.2, 0.25) is 0 Å². The average molecular weight is 327 g/mol. The predicted molar refractivity (Wildman–Crippen MR) is 75.2 cm³/mol. The first-order chi connectivity index (χ1) is 8.74. The molecule has 0 bridgehead atoms. The normalized spacial score (nSPS) is 19.3. The summed E-state index contributed by atoms with van der Waals surface area (Å²) in [6, 6.07) is 5.40. The monoisotopic (exact) mass is 326 g/mol. The van der Waals surface area contributed by atoms with Crippen molar-refractivity contribution in [2.24, 2.45) is 0 Å². The summed E-state index contributed by atoms with van der Waals surface area (Å²) in [4.78, 5) is 4.65. The number of aromatic nitrogens is 1. The summed E-state index contributed by atoms with van der Waals surface area (Å²) in [5.74, 6) is -0.243. The molecule has 0 unspecified atom stereocenters. The molecule has 3 rings (SSSR count). The molecule has 0 radical (unpaired) electrons. The Hall–Kier alpha value is -0.780. The summed E-state index contributed by atoms with van der Waals surface area (Å²) in [7, 11) is 0. The highest BCUT2D eigenvalue weighted by Gasteiger charge is 2.19. The van der Waals surface area contributed by atoms with Crippen LogP contribution in [0.3, 0.4) is 0 Å². The largest absolute Gasteiger partial charge is 0.309 e. The van der Waals surface area contributed by atoms with E-state index in [-0.39, 0.29) is 5.82 Å². The van der Waals surface area contributed by atoms with Crippen molar-refractivity contribution in [2.45, 2.75) is 18.9 Å². The zero-order valence-corrected chi connectivity index (χ0v) is 12.0. The molecule has 2 nitrogen and oxygen atoms in total. The van der Waals surface area contributed by atoms with Crippen molar-refractivity contribution in [2.75, 3.05) is 6.54 Å². The van der Waals surface area contributed by atoms with Gasteiger partial charge in [0.05, 0.1) is 16.2 Å². The molecule has 18 heavy (non-hydrogen) atoms. The van der Waals surface area contributed by atoms with E-state index in [1.807, 2.05) is 0 Å². The highest BCUT2D eigenvalue weighted by molar-refractivity contribution is 9.10. The second kappa shape index (κ2) is 5.07. The summed E-state index contributed by atoms with van der Waals surface area (Å²) in [5, 5.41) is 6.47. The van der Waals surface area contributed by atoms with Crippen molar-refractivity contribution in [1.29, 1.82) is 0 Å². The molecule has 0 spiro atoms. The molecular weight excluding hydrogens is 315 g/mol. The third-order valence-electron chi connectivity index (χ3n) is 3.11. The molecule has 1 atom stereocenters. The van der Waals surface area contributed by atoms with Crippen LogP contribution < -0.4 is 5.32 Å². The van der Waals surface area contributed by atoms with Crippen LogP contribution in [0.2, 0.25) is 0 Å². The maximum Gasteiger partial charge on any atom is 0.137 e. The molecule has 1 fully saturated rings. The molecule has 1 aromatic carbocycles. The molecule has 0 amide bonds. The van der Waals surface area contributed by atoms with E-state index in [1.54, 1.807) is 23.5 Å². The highest BCUT2D eigenvalue weighted by atomic mass is 79.9. The zero-order valence-electron chi connectivity index (χ0n) is 9.62. The molecule has 0 saturated carbocycles. The fourth-order valence-electron chi connectivity index (χ4n) is 2.14. The van der Waals surface area contributed by atoms with Gasteiger partial charge >= 0.3 is 0 Å². The second-order valence-electron chi connectivity index (χ2n) is 4.36. The first kappa shape index (κ1) is 12.3. The minimum Gasteiger partial charge on any atom is -0.309 e. The Labute approximate surface area is 117 Å². The first-order valence-electron chi connectivity index (χ1n) is 5.88. The number of hydrogen-bond donors (Lipinski definition) is 1. The van der Waals surface area contributed by atoms with E-state index in [0.29, 0.717) is 10.5 Å². The van der Waals surface area contributed by atoms with Crippen LogP contribution in [0.15, 0.2) is 28.1 Å². The van der Waals surface area contributed by atoms with Crippen molar-refractivity contribution >= 4 is 27.3 Å². The van der Waals surface area contributed by atoms with Gasteiger partial charge in [0, 0.05) is 10.9 Å². The molecule has 1 N–H and O–H groups in total. The van der Waals surface area contributed by atoms with E-state index in [1.165, 1.54) is 12.5 Å². The van der Waals surface area contributed by atoms with Gasteiger partial charge in [-0.1, -0.05) is 0 Å². The van der Waals surface area contributed by atoms with Gasteiger partial charge in [-0.2, -0.15) is 0 Å². The van der Waals surface area contributed by atoms with E-state index in [4.69, 9.17) is 0 Å². The van der Waals surface area contributed by atoms with Gasteiger partial charge < -0.3 is 5.32 Å². The maximum atomic E-state index is 13.2. The molecule has 2 aromatic rings. The molecular formula is C13H12BrFN2S. The Balaban J connectivity index is 1.89. The smallest absolute Gasteiger partial charge is 0.137 e. The average Bonchev–Trinajstić information content (AvgIpc) is 3.01. The van der Waals surface area contributed by atoms with Gasteiger partial charge in [-0.3, -0.25) is 0 Å². The van der Waals surface area contributed by atoms with Crippen LogP contribution in [0.25, 0.3) is 10.6 Å². The number of hydrogen-bond acceptors (Lipinski definition) is 3. The van der Waals surface area contributed by atoms with Gasteiger partial charge in [0.1, 0.15) is 10.8 Å². The fourth-order valence-corrected chi connectivity index (χ4v) is 3.39. The SMILES string of the molecule is Fc1ccc(-c2nc([C@@H]3CCCN3)cs2)cc1Br. The Morgan fingerprint density at radius 1 is 1.44 bits per heavy atom. The number of nitrogens with one attached hydrogen (secondary N) is 1. The van der Waals surface area contributed by atoms with Crippen LogP contribution in [0.4, 0.5) is 4.39 Å². The van der Waals surface area contributed by atoms with Crippen molar-refractivity contribution < 1.29 is 4.39 Å². The summed E-state index contributed by atoms with van der Waals surface area (Å²) in [6.45, 7) is 1.07. The van der Waals surface area contributed by atoms with Crippen molar-refractivity contribution in [3.05, 3.63) is 39.6 Å². The van der Waals surface area contributed by atoms with Gasteiger partial charge in [0.15, 0.2) is 0 Å². The maximum absolute atomic E-state index is 13.2. The molecule has 94 valence electrons. The molecule has 5 heteroatoms. The van der Waals surface area contributed by atoms with E-state index in [9.17, 15) is 4.39 Å². The van der Waals surface area contributed by atoms with E-state index in [2.05, 4.69) is 31.6 Å². The summed E-state index contributed by atoms with van der Waals surface area (Å²) in [6.07, 6.45) is 2.36. The number of nitrogens with zero attached hydrogens (tertiary/aromatic N) is 1. The summed E-state index contributed by atoms with van der Waals surface area (Å²) < 4.78 is 13.7. The van der Waals surface area contributed by atoms with Crippen LogP contribution >= 0.6 is 27.3 Å². The van der Waals surface area contributed by atoms with Crippen molar-refractivity contribution in [1.82, 2.24) is 10.3 Å². The predicted octanol–water partition coefficient (Wildman–Crippen LogP) is 4.14. The van der Waals surface area contributed by atoms with Crippen LogP contribution in [-0.4, -0.2) is 11.5 Å². The minimum atomic E-state index is -0.243. The lowest BCUT2D eigenvalue weighted by Gasteiger charge is -2.05. The van der Waals surface area contributed by atoms with Crippen molar-refractivity contribution in [3.8, 4) is 10.6 Å².